The smallest absolute Gasteiger partial charge is 0.252 e. The fourth-order valence-electron chi connectivity index (χ4n) is 8.70. The zero-order valence-corrected chi connectivity index (χ0v) is 47.0. The molecule has 21 nitrogen and oxygen atoms in total. The Morgan fingerprint density at radius 1 is 0.425 bits per heavy atom. The number of Topliss-reactive ketones (excluding diaryl/α,β-unsaturated/α-hetero) is 3. The molecule has 6 aromatic rings. The van der Waals surface area contributed by atoms with Gasteiger partial charge in [0, 0.05) is 61.9 Å². The van der Waals surface area contributed by atoms with E-state index in [0.29, 0.717) is 17.1 Å². The number of carbonyl (C=O) groups excluding carboxylic acids is 6. The summed E-state index contributed by atoms with van der Waals surface area (Å²) in [5, 5.41) is 50.0. The number of hydrogen-bond acceptors (Lipinski definition) is 15. The second-order valence-corrected chi connectivity index (χ2v) is 21.4. The van der Waals surface area contributed by atoms with Gasteiger partial charge in [0.05, 0.1) is 0 Å². The van der Waals surface area contributed by atoms with Crippen molar-refractivity contribution < 1.29 is 28.8 Å². The molecule has 424 valence electrons. The number of guanidine groups is 3. The van der Waals surface area contributed by atoms with E-state index in [1.807, 2.05) is 32.3 Å². The van der Waals surface area contributed by atoms with Crippen LogP contribution in [0.1, 0.15) is 77.8 Å². The van der Waals surface area contributed by atoms with E-state index in [0.717, 1.165) is 33.4 Å². The van der Waals surface area contributed by atoms with Gasteiger partial charge in [-0.15, -0.1) is 12.4 Å². The molecule has 6 rings (SSSR count). The van der Waals surface area contributed by atoms with Crippen LogP contribution < -0.4 is 66.3 Å². The van der Waals surface area contributed by atoms with Crippen molar-refractivity contribution in [2.45, 2.75) is 80.3 Å². The largest absolute Gasteiger partial charge is 0.370 e. The van der Waals surface area contributed by atoms with Crippen molar-refractivity contribution in [3.63, 3.8) is 0 Å². The van der Waals surface area contributed by atoms with Gasteiger partial charge in [-0.25, -0.2) is 0 Å². The normalized spacial score (nSPS) is 13.5. The van der Waals surface area contributed by atoms with Crippen molar-refractivity contribution in [1.82, 2.24) is 16.0 Å². The van der Waals surface area contributed by atoms with E-state index in [9.17, 15) is 28.8 Å². The molecule has 0 unspecified atom stereocenters. The first-order chi connectivity index (χ1) is 37.7. The summed E-state index contributed by atoms with van der Waals surface area (Å²) in [6.45, 7) is 0.664. The quantitative estimate of drug-likeness (QED) is 0.00963. The highest BCUT2D eigenvalue weighted by molar-refractivity contribution is 7.08. The Kier molecular flexibility index (Phi) is 23.1. The van der Waals surface area contributed by atoms with Crippen LogP contribution >= 0.6 is 46.4 Å². The van der Waals surface area contributed by atoms with E-state index in [2.05, 4.69) is 31.9 Å². The Labute approximate surface area is 481 Å². The molecule has 3 aromatic carbocycles. The predicted octanol–water partition coefficient (Wildman–Crippen LogP) is 4.61. The lowest BCUT2D eigenvalue weighted by atomic mass is 9.84. The van der Waals surface area contributed by atoms with Crippen molar-refractivity contribution in [3.8, 4) is 0 Å². The van der Waals surface area contributed by atoms with E-state index in [-0.39, 0.29) is 108 Å². The summed E-state index contributed by atoms with van der Waals surface area (Å²) in [5.74, 6) is -4.82. The Bertz CT molecular complexity index is 2750. The molecule has 80 heavy (non-hydrogen) atoms. The third kappa shape index (κ3) is 17.3. The zero-order chi connectivity index (χ0) is 57.2. The monoisotopic (exact) mass is 1170 g/mol. The van der Waals surface area contributed by atoms with Crippen molar-refractivity contribution >= 4 is 116 Å². The topological polar surface area (TPSA) is 402 Å². The van der Waals surface area contributed by atoms with Gasteiger partial charge in [-0.3, -0.25) is 45.0 Å². The zero-order valence-electron chi connectivity index (χ0n) is 43.7. The maximum Gasteiger partial charge on any atom is 0.252 e. The second kappa shape index (κ2) is 29.4. The molecule has 0 radical (unpaired) electrons. The molecule has 0 bridgehead atoms. The number of nitrogens with one attached hydrogen (secondary N) is 9. The summed E-state index contributed by atoms with van der Waals surface area (Å²) >= 11 is 4.26. The summed E-state index contributed by atoms with van der Waals surface area (Å²) in [6, 6.07) is 26.3. The molecular weight excluding hydrogens is 1100 g/mol. The van der Waals surface area contributed by atoms with Crippen LogP contribution in [0.25, 0.3) is 0 Å². The molecule has 0 saturated heterocycles. The van der Waals surface area contributed by atoms with Crippen molar-refractivity contribution in [3.05, 3.63) is 157 Å². The highest BCUT2D eigenvalue weighted by Crippen LogP contribution is 2.35. The van der Waals surface area contributed by atoms with Crippen LogP contribution in [0, 0.1) is 16.2 Å². The first kappa shape index (κ1) is 63.0. The molecule has 0 aliphatic carbocycles. The standard InChI is InChI=1S/C55H67N15O6S3.ClH/c56-50(57)65-22-1-19-53(62,43(71)28-34-16-25-77-31-34)47(74)68-40-10-4-37(5-11-40)46(38-6-12-41(13-7-38)69-48(75)54(63,20-2-23-66-51(58)59)44(72)29-35-17-26-78-32-35)39-8-14-42(15-9-39)70-49(76)55(64,21-3-24-67-52(60)61)45(73)30-36-18-27-79-33-36;/h4-18,25-27,31-33,46H,1-3,19-24,28-30,62-64H2,(H,68,74)(H,69,75)(H,70,76)(H4,56,57,65)(H4,58,59,66)(H4,60,61,67);1H/t53-,54-,55-;/m1./s1. The number of carbonyl (C=O) groups is 6. The lowest BCUT2D eigenvalue weighted by Crippen LogP contribution is -2.58. The van der Waals surface area contributed by atoms with Gasteiger partial charge >= 0.3 is 0 Å². The molecule has 3 atom stereocenters. The van der Waals surface area contributed by atoms with Crippen LogP contribution in [0.15, 0.2) is 123 Å². The van der Waals surface area contributed by atoms with Crippen LogP contribution in [0.5, 0.6) is 0 Å². The van der Waals surface area contributed by atoms with Crippen LogP contribution in [-0.2, 0) is 48.0 Å². The van der Waals surface area contributed by atoms with Crippen LogP contribution in [0.2, 0.25) is 0 Å². The maximum absolute atomic E-state index is 14.0. The number of benzene rings is 3. The molecule has 0 saturated carbocycles. The molecule has 3 heterocycles. The Balaban J connectivity index is 0.0000118. The maximum atomic E-state index is 14.0. The highest BCUT2D eigenvalue weighted by atomic mass is 35.5. The fourth-order valence-corrected chi connectivity index (χ4v) is 10.7. The van der Waals surface area contributed by atoms with E-state index in [1.54, 1.807) is 91.0 Å². The van der Waals surface area contributed by atoms with Crippen molar-refractivity contribution in [1.29, 1.82) is 16.2 Å². The Hall–Kier alpha value is -7.84. The molecule has 21 N–H and O–H groups in total. The van der Waals surface area contributed by atoms with E-state index >= 15 is 0 Å². The van der Waals surface area contributed by atoms with Crippen molar-refractivity contribution in [2.24, 2.45) is 34.4 Å². The number of nitrogens with two attached hydrogens (primary N) is 6. The summed E-state index contributed by atoms with van der Waals surface area (Å²) < 4.78 is 0. The molecule has 0 fully saturated rings. The lowest BCUT2D eigenvalue weighted by molar-refractivity contribution is -0.134. The van der Waals surface area contributed by atoms with Crippen LogP contribution in [-0.4, -0.2) is 89.2 Å². The number of halogens is 1. The van der Waals surface area contributed by atoms with E-state index in [1.165, 1.54) is 34.0 Å². The molecular formula is C55H68ClN15O6S3. The summed E-state index contributed by atoms with van der Waals surface area (Å²) in [7, 11) is 0. The lowest BCUT2D eigenvalue weighted by Gasteiger charge is -2.28. The molecule has 0 aliphatic rings. The van der Waals surface area contributed by atoms with Gasteiger partial charge in [0.15, 0.2) is 51.8 Å². The number of rotatable bonds is 30. The van der Waals surface area contributed by atoms with E-state index in [4.69, 9.17) is 50.6 Å². The first-order valence-corrected chi connectivity index (χ1v) is 28.0. The average molecular weight is 1170 g/mol. The molecule has 3 amide bonds. The number of anilines is 3. The van der Waals surface area contributed by atoms with E-state index < -0.39 is 57.6 Å². The summed E-state index contributed by atoms with van der Waals surface area (Å²) in [5.41, 5.74) is 36.2. The molecule has 0 spiro atoms. The second-order valence-electron chi connectivity index (χ2n) is 19.1. The Morgan fingerprint density at radius 3 is 0.887 bits per heavy atom. The van der Waals surface area contributed by atoms with Crippen LogP contribution in [0.4, 0.5) is 17.1 Å². The van der Waals surface area contributed by atoms with Gasteiger partial charge in [-0.1, -0.05) is 36.4 Å². The van der Waals surface area contributed by atoms with Crippen LogP contribution in [0.3, 0.4) is 0 Å². The van der Waals surface area contributed by atoms with Gasteiger partial charge in [0.1, 0.15) is 0 Å². The highest BCUT2D eigenvalue weighted by Gasteiger charge is 2.43. The Morgan fingerprint density at radius 2 is 0.675 bits per heavy atom. The SMILES string of the molecule is Cl.N=C(N)NCCC[C@@](N)(C(=O)Cc1ccsc1)C(=O)Nc1ccc(C(c2ccc(NC(=O)[C@@](N)(CCCNC(=N)N)C(=O)Cc3ccsc3)cc2)c2ccc(NC(=O)[C@@](N)(CCCNC(=N)N)C(=O)Cc3ccsc3)cc2)cc1. The number of thiophene rings is 3. The number of amides is 3. The third-order valence-corrected chi connectivity index (χ3v) is 15.4. The minimum absolute atomic E-state index is 0. The number of hydrogen-bond donors (Lipinski definition) is 15. The van der Waals surface area contributed by atoms with Gasteiger partial charge in [-0.05, 0) is 159 Å². The predicted molar refractivity (Wildman–Crippen MR) is 321 cm³/mol. The van der Waals surface area contributed by atoms with Gasteiger partial charge in [0.2, 0.25) is 0 Å². The fraction of sp³-hybridized carbons (Fsp3) is 0.291. The van der Waals surface area contributed by atoms with Gasteiger partial charge in [0.25, 0.3) is 17.7 Å². The summed E-state index contributed by atoms with van der Waals surface area (Å²) in [6.07, 6.45) is 0.566. The first-order valence-electron chi connectivity index (χ1n) is 25.2. The summed E-state index contributed by atoms with van der Waals surface area (Å²) in [4.78, 5) is 83.4. The minimum atomic E-state index is -1.92. The minimum Gasteiger partial charge on any atom is -0.370 e. The molecule has 3 aromatic heterocycles. The van der Waals surface area contributed by atoms with Gasteiger partial charge < -0.3 is 66.3 Å². The molecule has 25 heteroatoms. The van der Waals surface area contributed by atoms with Gasteiger partial charge in [-0.2, -0.15) is 34.0 Å². The number of ketones is 3. The third-order valence-electron chi connectivity index (χ3n) is 13.2. The van der Waals surface area contributed by atoms with Crippen molar-refractivity contribution in [2.75, 3.05) is 35.6 Å². The average Bonchev–Trinajstić information content (AvgIpc) is 4.31. The molecule has 0 aliphatic heterocycles.